The Labute approximate surface area is 105 Å². The van der Waals surface area contributed by atoms with Gasteiger partial charge in [-0.3, -0.25) is 0 Å². The second-order valence-electron chi connectivity index (χ2n) is 3.92. The molecule has 1 heterocycles. The molecular formula is C13H15NO2S. The summed E-state index contributed by atoms with van der Waals surface area (Å²) in [5.74, 6) is 1.71. The van der Waals surface area contributed by atoms with Crippen molar-refractivity contribution in [1.82, 2.24) is 5.48 Å². The molecule has 1 aromatic rings. The monoisotopic (exact) mass is 249 g/mol. The van der Waals surface area contributed by atoms with Gasteiger partial charge >= 0.3 is 5.97 Å². The predicted octanol–water partition coefficient (Wildman–Crippen LogP) is 2.68. The van der Waals surface area contributed by atoms with Crippen molar-refractivity contribution in [2.45, 2.75) is 13.3 Å². The van der Waals surface area contributed by atoms with Gasteiger partial charge in [-0.15, -0.1) is 0 Å². The molecule has 17 heavy (non-hydrogen) atoms. The van der Waals surface area contributed by atoms with Gasteiger partial charge in [-0.25, -0.2) is 10.3 Å². The Balaban J connectivity index is 1.91. The summed E-state index contributed by atoms with van der Waals surface area (Å²) >= 11 is 1.87. The molecule has 0 atom stereocenters. The fourth-order valence-electron chi connectivity index (χ4n) is 1.56. The van der Waals surface area contributed by atoms with Gasteiger partial charge in [-0.05, 0) is 31.2 Å². The lowest BCUT2D eigenvalue weighted by molar-refractivity contribution is 0.0318. The van der Waals surface area contributed by atoms with Crippen LogP contribution in [-0.4, -0.2) is 17.5 Å². The smallest absolute Gasteiger partial charge is 0.338 e. The summed E-state index contributed by atoms with van der Waals surface area (Å²) < 4.78 is 0. The Morgan fingerprint density at radius 2 is 2.35 bits per heavy atom. The molecule has 0 radical (unpaired) electrons. The van der Waals surface area contributed by atoms with Gasteiger partial charge in [-0.1, -0.05) is 23.8 Å². The number of carbonyl (C=O) groups excluding carboxylic acids is 1. The summed E-state index contributed by atoms with van der Waals surface area (Å²) in [6.07, 6.45) is 2.98. The minimum atomic E-state index is -0.340. The molecule has 0 saturated heterocycles. The van der Waals surface area contributed by atoms with Gasteiger partial charge < -0.3 is 4.84 Å². The van der Waals surface area contributed by atoms with Gasteiger partial charge in [0.2, 0.25) is 0 Å². The zero-order chi connectivity index (χ0) is 12.1. The summed E-state index contributed by atoms with van der Waals surface area (Å²) in [7, 11) is 0. The molecule has 3 nitrogen and oxygen atoms in total. The van der Waals surface area contributed by atoms with Crippen molar-refractivity contribution in [1.29, 1.82) is 0 Å². The predicted molar refractivity (Wildman–Crippen MR) is 69.8 cm³/mol. The number of nitrogens with one attached hydrogen (secondary N) is 1. The Kier molecular flexibility index (Phi) is 4.09. The largest absolute Gasteiger partial charge is 0.362 e. The molecule has 0 bridgehead atoms. The van der Waals surface area contributed by atoms with E-state index >= 15 is 0 Å². The first kappa shape index (κ1) is 12.0. The van der Waals surface area contributed by atoms with Crippen LogP contribution in [0.5, 0.6) is 0 Å². The number of hydrogen-bond donors (Lipinski definition) is 1. The molecule has 0 amide bonds. The third kappa shape index (κ3) is 3.53. The van der Waals surface area contributed by atoms with Crippen LogP contribution in [0.15, 0.2) is 36.0 Å². The summed E-state index contributed by atoms with van der Waals surface area (Å²) in [6.45, 7) is 1.95. The molecule has 2 rings (SSSR count). The molecule has 1 aliphatic heterocycles. The van der Waals surface area contributed by atoms with Crippen LogP contribution < -0.4 is 5.48 Å². The van der Waals surface area contributed by atoms with Gasteiger partial charge in [-0.2, -0.15) is 11.8 Å². The van der Waals surface area contributed by atoms with Gasteiger partial charge in [0.25, 0.3) is 0 Å². The van der Waals surface area contributed by atoms with Gasteiger partial charge in [0.1, 0.15) is 0 Å². The lowest BCUT2D eigenvalue weighted by atomic mass is 10.1. The van der Waals surface area contributed by atoms with Crippen molar-refractivity contribution < 1.29 is 9.63 Å². The maximum absolute atomic E-state index is 11.7. The Morgan fingerprint density at radius 3 is 3.06 bits per heavy atom. The van der Waals surface area contributed by atoms with Gasteiger partial charge in [0.15, 0.2) is 0 Å². The average Bonchev–Trinajstić information content (AvgIpc) is 2.37. The van der Waals surface area contributed by atoms with E-state index in [1.807, 2.05) is 36.9 Å². The molecule has 90 valence electrons. The Morgan fingerprint density at radius 1 is 1.47 bits per heavy atom. The highest BCUT2D eigenvalue weighted by Crippen LogP contribution is 2.14. The minimum absolute atomic E-state index is 0.340. The summed E-state index contributed by atoms with van der Waals surface area (Å²) in [6, 6.07) is 7.37. The summed E-state index contributed by atoms with van der Waals surface area (Å²) in [4.78, 5) is 16.8. The van der Waals surface area contributed by atoms with Crippen molar-refractivity contribution >= 4 is 17.7 Å². The molecule has 1 N–H and O–H groups in total. The molecule has 4 heteroatoms. The van der Waals surface area contributed by atoms with Crippen molar-refractivity contribution in [3.63, 3.8) is 0 Å². The van der Waals surface area contributed by atoms with Crippen molar-refractivity contribution in [3.05, 3.63) is 47.2 Å². The number of rotatable bonds is 3. The first-order valence-corrected chi connectivity index (χ1v) is 6.72. The normalized spacial score (nSPS) is 15.0. The number of thioether (sulfide) groups is 1. The Hall–Kier alpha value is -1.42. The third-order valence-corrected chi connectivity index (χ3v) is 3.39. The zero-order valence-corrected chi connectivity index (χ0v) is 10.5. The number of hydrogen-bond acceptors (Lipinski definition) is 4. The molecule has 1 aliphatic rings. The van der Waals surface area contributed by atoms with Gasteiger partial charge in [0.05, 0.1) is 5.56 Å². The van der Waals surface area contributed by atoms with E-state index in [0.717, 1.165) is 29.2 Å². The Bertz CT molecular complexity index is 443. The van der Waals surface area contributed by atoms with Crippen molar-refractivity contribution in [3.8, 4) is 0 Å². The van der Waals surface area contributed by atoms with Crippen LogP contribution in [0, 0.1) is 6.92 Å². The average molecular weight is 249 g/mol. The van der Waals surface area contributed by atoms with Crippen molar-refractivity contribution in [2.24, 2.45) is 0 Å². The van der Waals surface area contributed by atoms with E-state index in [0.29, 0.717) is 5.56 Å². The second kappa shape index (κ2) is 5.77. The third-order valence-electron chi connectivity index (χ3n) is 2.49. The minimum Gasteiger partial charge on any atom is -0.338 e. The fraction of sp³-hybridized carbons (Fsp3) is 0.308. The number of benzene rings is 1. The molecule has 0 aromatic heterocycles. The highest BCUT2D eigenvalue weighted by atomic mass is 32.2. The second-order valence-corrected chi connectivity index (χ2v) is 5.07. The molecule has 0 spiro atoms. The molecule has 0 saturated carbocycles. The number of aryl methyl sites for hydroxylation is 1. The van der Waals surface area contributed by atoms with Crippen LogP contribution in [0.25, 0.3) is 0 Å². The summed E-state index contributed by atoms with van der Waals surface area (Å²) in [5, 5.41) is 0. The van der Waals surface area contributed by atoms with Crippen molar-refractivity contribution in [2.75, 3.05) is 11.5 Å². The maximum Gasteiger partial charge on any atom is 0.362 e. The van der Waals surface area contributed by atoms with Crippen LogP contribution in [0.1, 0.15) is 22.3 Å². The van der Waals surface area contributed by atoms with E-state index in [1.165, 1.54) is 0 Å². The summed E-state index contributed by atoms with van der Waals surface area (Å²) in [5.41, 5.74) is 5.35. The molecule has 0 unspecified atom stereocenters. The van der Waals surface area contributed by atoms with E-state index in [9.17, 15) is 4.79 Å². The number of carbonyl (C=O) groups is 1. The van der Waals surface area contributed by atoms with Crippen LogP contribution in [0.2, 0.25) is 0 Å². The zero-order valence-electron chi connectivity index (χ0n) is 9.73. The van der Waals surface area contributed by atoms with E-state index in [-0.39, 0.29) is 5.97 Å². The number of allylic oxidation sites excluding steroid dienone is 1. The van der Waals surface area contributed by atoms with Crippen LogP contribution >= 0.6 is 11.8 Å². The van der Waals surface area contributed by atoms with E-state index in [4.69, 9.17) is 4.84 Å². The molecule has 1 aromatic carbocycles. The SMILES string of the molecule is Cc1cccc(C(=O)ONC2=CCSCC2)c1. The van der Waals surface area contributed by atoms with Crippen LogP contribution in [0.4, 0.5) is 0 Å². The topological polar surface area (TPSA) is 38.3 Å². The molecule has 0 fully saturated rings. The van der Waals surface area contributed by atoms with Crippen LogP contribution in [-0.2, 0) is 4.84 Å². The van der Waals surface area contributed by atoms with E-state index in [2.05, 4.69) is 11.6 Å². The lowest BCUT2D eigenvalue weighted by Gasteiger charge is -2.14. The van der Waals surface area contributed by atoms with E-state index < -0.39 is 0 Å². The van der Waals surface area contributed by atoms with Gasteiger partial charge in [0, 0.05) is 11.4 Å². The quantitative estimate of drug-likeness (QED) is 0.836. The van der Waals surface area contributed by atoms with E-state index in [1.54, 1.807) is 6.07 Å². The standard InChI is InChI=1S/C13H15NO2S/c1-10-3-2-4-11(9-10)13(15)16-14-12-5-7-17-8-6-12/h2-5,9,14H,6-8H2,1H3. The number of hydroxylamine groups is 1. The van der Waals surface area contributed by atoms with Crippen LogP contribution in [0.3, 0.4) is 0 Å². The highest BCUT2D eigenvalue weighted by molar-refractivity contribution is 7.99. The first-order chi connectivity index (χ1) is 8.25. The molecule has 0 aliphatic carbocycles. The highest BCUT2D eigenvalue weighted by Gasteiger charge is 2.09. The maximum atomic E-state index is 11.7. The lowest BCUT2D eigenvalue weighted by Crippen LogP contribution is -2.21. The fourth-order valence-corrected chi connectivity index (χ4v) is 2.41. The molecular weight excluding hydrogens is 234 g/mol. The first-order valence-electron chi connectivity index (χ1n) is 5.56.